The molecule has 1 aromatic heterocycles. The van der Waals surface area contributed by atoms with Crippen molar-refractivity contribution >= 4 is 21.6 Å². The van der Waals surface area contributed by atoms with Gasteiger partial charge >= 0.3 is 0 Å². The molecule has 0 atom stereocenters. The van der Waals surface area contributed by atoms with Crippen LogP contribution in [0.4, 0.5) is 5.69 Å². The topological polar surface area (TPSA) is 115 Å². The smallest absolute Gasteiger partial charge is 0.255 e. The van der Waals surface area contributed by atoms with Gasteiger partial charge in [0.25, 0.3) is 5.91 Å². The molecule has 4 rings (SSSR count). The van der Waals surface area contributed by atoms with Crippen LogP contribution >= 0.6 is 0 Å². The maximum atomic E-state index is 13.4. The number of carbonyl (C=O) groups is 1. The number of hydrogen-bond donors (Lipinski definition) is 1. The van der Waals surface area contributed by atoms with E-state index in [2.05, 4.69) is 15.5 Å². The summed E-state index contributed by atoms with van der Waals surface area (Å²) in [4.78, 5) is 17.3. The minimum Gasteiger partial charge on any atom is -0.495 e. The summed E-state index contributed by atoms with van der Waals surface area (Å²) in [5.74, 6) is 0.503. The molecular weight excluding hydrogens is 444 g/mol. The number of rotatable bonds is 6. The SMILES string of the molecule is COc1ccc(C(=O)Nc2ccccc2-c2noc(C)n2)cc1S(=O)(=O)N1CCCCCC1. The van der Waals surface area contributed by atoms with Gasteiger partial charge in [-0.05, 0) is 43.2 Å². The summed E-state index contributed by atoms with van der Waals surface area (Å²) in [6.45, 7) is 2.60. The highest BCUT2D eigenvalue weighted by molar-refractivity contribution is 7.89. The average molecular weight is 471 g/mol. The number of carbonyl (C=O) groups excluding carboxylic acids is 1. The van der Waals surface area contributed by atoms with Crippen LogP contribution in [0.15, 0.2) is 51.9 Å². The normalized spacial score (nSPS) is 15.1. The van der Waals surface area contributed by atoms with Gasteiger partial charge in [-0.2, -0.15) is 9.29 Å². The van der Waals surface area contributed by atoms with Crippen molar-refractivity contribution in [2.75, 3.05) is 25.5 Å². The van der Waals surface area contributed by atoms with Crippen molar-refractivity contribution in [2.45, 2.75) is 37.5 Å². The summed E-state index contributed by atoms with van der Waals surface area (Å²) >= 11 is 0. The first-order valence-corrected chi connectivity index (χ1v) is 12.2. The van der Waals surface area contributed by atoms with Gasteiger partial charge in [0.15, 0.2) is 0 Å². The number of nitrogens with zero attached hydrogens (tertiary/aromatic N) is 3. The van der Waals surface area contributed by atoms with E-state index in [1.165, 1.54) is 29.6 Å². The minimum absolute atomic E-state index is 0.0124. The quantitative estimate of drug-likeness (QED) is 0.581. The van der Waals surface area contributed by atoms with Gasteiger partial charge in [-0.3, -0.25) is 4.79 Å². The van der Waals surface area contributed by atoms with Gasteiger partial charge in [0, 0.05) is 31.1 Å². The number of sulfonamides is 1. The first-order chi connectivity index (χ1) is 15.9. The van der Waals surface area contributed by atoms with E-state index in [-0.39, 0.29) is 16.2 Å². The lowest BCUT2D eigenvalue weighted by Crippen LogP contribution is -2.32. The van der Waals surface area contributed by atoms with Crippen molar-refractivity contribution < 1.29 is 22.5 Å². The number of benzene rings is 2. The van der Waals surface area contributed by atoms with Crippen molar-refractivity contribution in [1.82, 2.24) is 14.4 Å². The molecule has 1 amide bonds. The van der Waals surface area contributed by atoms with E-state index in [1.54, 1.807) is 31.2 Å². The predicted molar refractivity (Wildman–Crippen MR) is 123 cm³/mol. The largest absolute Gasteiger partial charge is 0.495 e. The lowest BCUT2D eigenvalue weighted by Gasteiger charge is -2.21. The predicted octanol–water partition coefficient (Wildman–Crippen LogP) is 3.87. The number of ether oxygens (including phenoxy) is 1. The van der Waals surface area contributed by atoms with Gasteiger partial charge in [-0.1, -0.05) is 30.1 Å². The summed E-state index contributed by atoms with van der Waals surface area (Å²) in [6, 6.07) is 11.5. The molecule has 2 aromatic carbocycles. The molecule has 2 heterocycles. The first-order valence-electron chi connectivity index (χ1n) is 10.8. The lowest BCUT2D eigenvalue weighted by molar-refractivity contribution is 0.102. The molecule has 1 aliphatic rings. The molecule has 3 aromatic rings. The number of hydrogen-bond acceptors (Lipinski definition) is 7. The number of anilines is 1. The second-order valence-corrected chi connectivity index (χ2v) is 9.73. The van der Waals surface area contributed by atoms with Gasteiger partial charge in [0.1, 0.15) is 10.6 Å². The van der Waals surface area contributed by atoms with Crippen molar-refractivity contribution in [3.8, 4) is 17.1 Å². The lowest BCUT2D eigenvalue weighted by atomic mass is 10.1. The Balaban J connectivity index is 1.65. The van der Waals surface area contributed by atoms with Crippen LogP contribution in [-0.2, 0) is 10.0 Å². The van der Waals surface area contributed by atoms with E-state index in [0.29, 0.717) is 36.1 Å². The van der Waals surface area contributed by atoms with E-state index in [1.807, 2.05) is 0 Å². The van der Waals surface area contributed by atoms with Crippen molar-refractivity contribution in [1.29, 1.82) is 0 Å². The fourth-order valence-electron chi connectivity index (χ4n) is 3.83. The number of methoxy groups -OCH3 is 1. The van der Waals surface area contributed by atoms with Crippen LogP contribution < -0.4 is 10.1 Å². The van der Waals surface area contributed by atoms with Gasteiger partial charge in [0.2, 0.25) is 21.7 Å². The Kier molecular flexibility index (Phi) is 6.75. The molecule has 10 heteroatoms. The zero-order valence-corrected chi connectivity index (χ0v) is 19.4. The zero-order valence-electron chi connectivity index (χ0n) is 18.6. The van der Waals surface area contributed by atoms with Crippen LogP contribution in [0.2, 0.25) is 0 Å². The Morgan fingerprint density at radius 1 is 1.09 bits per heavy atom. The Morgan fingerprint density at radius 3 is 2.48 bits per heavy atom. The van der Waals surface area contributed by atoms with Crippen LogP contribution in [0.5, 0.6) is 5.75 Å². The van der Waals surface area contributed by atoms with E-state index in [0.717, 1.165) is 25.7 Å². The van der Waals surface area contributed by atoms with Gasteiger partial charge in [0.05, 0.1) is 12.8 Å². The molecular formula is C23H26N4O5S. The third kappa shape index (κ3) is 4.91. The van der Waals surface area contributed by atoms with E-state index >= 15 is 0 Å². The number of aryl methyl sites for hydroxylation is 1. The van der Waals surface area contributed by atoms with E-state index < -0.39 is 15.9 Å². The molecule has 1 aliphatic heterocycles. The Hall–Kier alpha value is -3.24. The van der Waals surface area contributed by atoms with Gasteiger partial charge in [-0.15, -0.1) is 0 Å². The molecule has 0 unspecified atom stereocenters. The fourth-order valence-corrected chi connectivity index (χ4v) is 5.53. The molecule has 9 nitrogen and oxygen atoms in total. The summed E-state index contributed by atoms with van der Waals surface area (Å²) in [5, 5.41) is 6.75. The van der Waals surface area contributed by atoms with Crippen molar-refractivity contribution in [3.63, 3.8) is 0 Å². The maximum Gasteiger partial charge on any atom is 0.255 e. The number of para-hydroxylation sites is 1. The minimum atomic E-state index is -3.81. The summed E-state index contributed by atoms with van der Waals surface area (Å²) < 4.78 is 38.6. The number of amides is 1. The molecule has 1 fully saturated rings. The van der Waals surface area contributed by atoms with Crippen LogP contribution in [0, 0.1) is 6.92 Å². The Morgan fingerprint density at radius 2 is 1.82 bits per heavy atom. The molecule has 1 saturated heterocycles. The van der Waals surface area contributed by atoms with E-state index in [4.69, 9.17) is 9.26 Å². The maximum absolute atomic E-state index is 13.4. The Labute approximate surface area is 192 Å². The molecule has 0 saturated carbocycles. The summed E-state index contributed by atoms with van der Waals surface area (Å²) in [5.41, 5.74) is 1.27. The average Bonchev–Trinajstić information content (AvgIpc) is 3.07. The second kappa shape index (κ2) is 9.72. The molecule has 174 valence electrons. The van der Waals surface area contributed by atoms with Crippen molar-refractivity contribution in [3.05, 3.63) is 53.9 Å². The third-order valence-electron chi connectivity index (χ3n) is 5.55. The molecule has 0 aliphatic carbocycles. The number of aromatic nitrogens is 2. The van der Waals surface area contributed by atoms with Crippen LogP contribution in [0.3, 0.4) is 0 Å². The monoisotopic (exact) mass is 470 g/mol. The summed E-state index contributed by atoms with van der Waals surface area (Å²) in [6.07, 6.45) is 3.64. The molecule has 1 N–H and O–H groups in total. The number of nitrogens with one attached hydrogen (secondary N) is 1. The summed E-state index contributed by atoms with van der Waals surface area (Å²) in [7, 11) is -2.39. The highest BCUT2D eigenvalue weighted by atomic mass is 32.2. The Bertz CT molecular complexity index is 1250. The van der Waals surface area contributed by atoms with Crippen molar-refractivity contribution in [2.24, 2.45) is 0 Å². The van der Waals surface area contributed by atoms with Crippen LogP contribution in [0.1, 0.15) is 41.9 Å². The van der Waals surface area contributed by atoms with Gasteiger partial charge in [-0.25, -0.2) is 8.42 Å². The highest BCUT2D eigenvalue weighted by Crippen LogP contribution is 2.31. The first kappa shape index (κ1) is 22.9. The molecule has 0 bridgehead atoms. The zero-order chi connectivity index (χ0) is 23.4. The standard InChI is InChI=1S/C23H26N4O5S/c1-16-24-22(26-32-16)18-9-5-6-10-19(18)25-23(28)17-11-12-20(31-2)21(15-17)33(29,30)27-13-7-3-4-8-14-27/h5-6,9-12,15H,3-4,7-8,13-14H2,1-2H3,(H,25,28). The van der Waals surface area contributed by atoms with Crippen LogP contribution in [0.25, 0.3) is 11.4 Å². The van der Waals surface area contributed by atoms with Crippen LogP contribution in [-0.4, -0.2) is 49.0 Å². The molecule has 0 spiro atoms. The molecule has 0 radical (unpaired) electrons. The highest BCUT2D eigenvalue weighted by Gasteiger charge is 2.29. The van der Waals surface area contributed by atoms with E-state index in [9.17, 15) is 13.2 Å². The van der Waals surface area contributed by atoms with Gasteiger partial charge < -0.3 is 14.6 Å². The molecule has 33 heavy (non-hydrogen) atoms. The second-order valence-electron chi connectivity index (χ2n) is 7.82. The third-order valence-corrected chi connectivity index (χ3v) is 7.47. The fraction of sp³-hybridized carbons (Fsp3) is 0.348.